The molecule has 0 aliphatic carbocycles. The zero-order valence-corrected chi connectivity index (χ0v) is 13.2. The van der Waals surface area contributed by atoms with Crippen molar-refractivity contribution < 1.29 is 9.53 Å². The maximum atomic E-state index is 12.0. The molecule has 1 heterocycles. The minimum Gasteiger partial charge on any atom is -0.468 e. The van der Waals surface area contributed by atoms with Crippen molar-refractivity contribution in [3.8, 4) is 0 Å². The summed E-state index contributed by atoms with van der Waals surface area (Å²) in [6, 6.07) is 1.08. The highest BCUT2D eigenvalue weighted by Gasteiger charge is 2.38. The second-order valence-electron chi connectivity index (χ2n) is 5.85. The fourth-order valence-electron chi connectivity index (χ4n) is 3.43. The van der Waals surface area contributed by atoms with Crippen LogP contribution in [0.5, 0.6) is 0 Å². The molecule has 1 aliphatic heterocycles. The molecule has 1 rings (SSSR count). The maximum Gasteiger partial charge on any atom is 0.325 e. The van der Waals surface area contributed by atoms with Crippen LogP contribution in [0.3, 0.4) is 0 Å². The van der Waals surface area contributed by atoms with E-state index in [0.29, 0.717) is 12.1 Å². The summed E-state index contributed by atoms with van der Waals surface area (Å²) in [6.45, 7) is 10.4. The standard InChI is InChI=1S/C15H30N2O2/c1-6-13-9-8-10-17(13)12(3)11-15(4,16-7-2)14(18)19-5/h12-13,16H,6-11H2,1-5H3. The summed E-state index contributed by atoms with van der Waals surface area (Å²) in [6.07, 6.45) is 4.56. The first kappa shape index (κ1) is 16.4. The number of nitrogens with one attached hydrogen (secondary N) is 1. The highest BCUT2D eigenvalue weighted by molar-refractivity contribution is 5.80. The molecule has 4 heteroatoms. The first-order chi connectivity index (χ1) is 8.98. The molecule has 0 bridgehead atoms. The molecule has 4 nitrogen and oxygen atoms in total. The molecule has 1 aliphatic rings. The molecular weight excluding hydrogens is 240 g/mol. The molecule has 1 N–H and O–H groups in total. The fraction of sp³-hybridized carbons (Fsp3) is 0.933. The van der Waals surface area contributed by atoms with Crippen molar-refractivity contribution in [2.24, 2.45) is 0 Å². The number of carbonyl (C=O) groups is 1. The number of likely N-dealkylation sites (tertiary alicyclic amines) is 1. The number of carbonyl (C=O) groups excluding carboxylic acids is 1. The van der Waals surface area contributed by atoms with Gasteiger partial charge in [0.15, 0.2) is 0 Å². The van der Waals surface area contributed by atoms with Gasteiger partial charge in [-0.2, -0.15) is 0 Å². The van der Waals surface area contributed by atoms with Crippen LogP contribution in [-0.2, 0) is 9.53 Å². The minimum absolute atomic E-state index is 0.159. The van der Waals surface area contributed by atoms with Gasteiger partial charge in [-0.05, 0) is 52.6 Å². The highest BCUT2D eigenvalue weighted by atomic mass is 16.5. The molecule has 0 saturated carbocycles. The van der Waals surface area contributed by atoms with Gasteiger partial charge in [-0.3, -0.25) is 9.69 Å². The van der Waals surface area contributed by atoms with E-state index in [1.165, 1.54) is 26.4 Å². The highest BCUT2D eigenvalue weighted by Crippen LogP contribution is 2.26. The van der Waals surface area contributed by atoms with E-state index in [-0.39, 0.29) is 5.97 Å². The van der Waals surface area contributed by atoms with Gasteiger partial charge in [0, 0.05) is 12.1 Å². The van der Waals surface area contributed by atoms with E-state index in [9.17, 15) is 4.79 Å². The minimum atomic E-state index is -0.580. The second kappa shape index (κ2) is 7.25. The van der Waals surface area contributed by atoms with Crippen molar-refractivity contribution in [1.29, 1.82) is 0 Å². The van der Waals surface area contributed by atoms with E-state index < -0.39 is 5.54 Å². The Morgan fingerprint density at radius 3 is 2.74 bits per heavy atom. The third kappa shape index (κ3) is 3.93. The SMILES string of the molecule is CCNC(C)(CC(C)N1CCCC1CC)C(=O)OC. The Kier molecular flexibility index (Phi) is 6.27. The Morgan fingerprint density at radius 2 is 2.21 bits per heavy atom. The van der Waals surface area contributed by atoms with Gasteiger partial charge < -0.3 is 10.1 Å². The van der Waals surface area contributed by atoms with Crippen LogP contribution in [0.25, 0.3) is 0 Å². The Morgan fingerprint density at radius 1 is 1.53 bits per heavy atom. The first-order valence-electron chi connectivity index (χ1n) is 7.57. The van der Waals surface area contributed by atoms with E-state index in [2.05, 4.69) is 24.1 Å². The van der Waals surface area contributed by atoms with Gasteiger partial charge >= 0.3 is 5.97 Å². The molecule has 3 unspecified atom stereocenters. The lowest BCUT2D eigenvalue weighted by atomic mass is 9.92. The molecule has 0 aromatic carbocycles. The zero-order chi connectivity index (χ0) is 14.5. The lowest BCUT2D eigenvalue weighted by Gasteiger charge is -2.36. The van der Waals surface area contributed by atoms with Crippen LogP contribution >= 0.6 is 0 Å². The van der Waals surface area contributed by atoms with Gasteiger partial charge in [-0.1, -0.05) is 13.8 Å². The van der Waals surface area contributed by atoms with Gasteiger partial charge in [-0.15, -0.1) is 0 Å². The normalized spacial score (nSPS) is 25.0. The van der Waals surface area contributed by atoms with Crippen molar-refractivity contribution in [3.05, 3.63) is 0 Å². The lowest BCUT2D eigenvalue weighted by molar-refractivity contribution is -0.148. The van der Waals surface area contributed by atoms with Crippen LogP contribution < -0.4 is 5.32 Å². The van der Waals surface area contributed by atoms with Gasteiger partial charge in [0.25, 0.3) is 0 Å². The quantitative estimate of drug-likeness (QED) is 0.720. The van der Waals surface area contributed by atoms with E-state index in [4.69, 9.17) is 4.74 Å². The maximum absolute atomic E-state index is 12.0. The van der Waals surface area contributed by atoms with Gasteiger partial charge in [0.05, 0.1) is 7.11 Å². The number of likely N-dealkylation sites (N-methyl/N-ethyl adjacent to an activating group) is 1. The summed E-state index contributed by atoms with van der Waals surface area (Å²) in [7, 11) is 1.47. The van der Waals surface area contributed by atoms with E-state index in [1.807, 2.05) is 13.8 Å². The predicted molar refractivity (Wildman–Crippen MR) is 78.2 cm³/mol. The zero-order valence-electron chi connectivity index (χ0n) is 13.2. The van der Waals surface area contributed by atoms with Crippen LogP contribution in [0.1, 0.15) is 53.4 Å². The van der Waals surface area contributed by atoms with Crippen molar-refractivity contribution in [2.45, 2.75) is 71.0 Å². The Balaban J connectivity index is 2.70. The average Bonchev–Trinajstić information content (AvgIpc) is 2.86. The van der Waals surface area contributed by atoms with Crippen LogP contribution in [0.4, 0.5) is 0 Å². The molecule has 0 spiro atoms. The number of rotatable bonds is 7. The molecule has 0 radical (unpaired) electrons. The molecule has 0 aromatic rings. The monoisotopic (exact) mass is 270 g/mol. The number of esters is 1. The molecule has 19 heavy (non-hydrogen) atoms. The van der Waals surface area contributed by atoms with E-state index >= 15 is 0 Å². The number of hydrogen-bond donors (Lipinski definition) is 1. The molecule has 1 saturated heterocycles. The summed E-state index contributed by atoms with van der Waals surface area (Å²) >= 11 is 0. The third-order valence-corrected chi connectivity index (χ3v) is 4.37. The lowest BCUT2D eigenvalue weighted by Crippen LogP contribution is -2.54. The van der Waals surface area contributed by atoms with Crippen LogP contribution in [0, 0.1) is 0 Å². The topological polar surface area (TPSA) is 41.6 Å². The largest absolute Gasteiger partial charge is 0.468 e. The second-order valence-corrected chi connectivity index (χ2v) is 5.85. The summed E-state index contributed by atoms with van der Waals surface area (Å²) in [5, 5.41) is 3.30. The van der Waals surface area contributed by atoms with Crippen molar-refractivity contribution >= 4 is 5.97 Å². The third-order valence-electron chi connectivity index (χ3n) is 4.37. The first-order valence-corrected chi connectivity index (χ1v) is 7.57. The van der Waals surface area contributed by atoms with Gasteiger partial charge in [0.2, 0.25) is 0 Å². The fourth-order valence-corrected chi connectivity index (χ4v) is 3.43. The molecule has 1 fully saturated rings. The number of methoxy groups -OCH3 is 1. The molecule has 0 amide bonds. The number of hydrogen-bond acceptors (Lipinski definition) is 4. The van der Waals surface area contributed by atoms with Crippen LogP contribution in [0.15, 0.2) is 0 Å². The predicted octanol–water partition coefficient (Wildman–Crippen LogP) is 2.18. The van der Waals surface area contributed by atoms with Crippen LogP contribution in [-0.4, -0.2) is 48.7 Å². The van der Waals surface area contributed by atoms with Crippen molar-refractivity contribution in [2.75, 3.05) is 20.2 Å². The summed E-state index contributed by atoms with van der Waals surface area (Å²) < 4.78 is 4.96. The molecular formula is C15H30N2O2. The summed E-state index contributed by atoms with van der Waals surface area (Å²) in [5.74, 6) is -0.159. The molecule has 3 atom stereocenters. The van der Waals surface area contributed by atoms with Crippen LogP contribution in [0.2, 0.25) is 0 Å². The van der Waals surface area contributed by atoms with Crippen molar-refractivity contribution in [1.82, 2.24) is 10.2 Å². The van der Waals surface area contributed by atoms with Gasteiger partial charge in [-0.25, -0.2) is 0 Å². The number of nitrogens with zero attached hydrogens (tertiary/aromatic N) is 1. The van der Waals surface area contributed by atoms with Gasteiger partial charge in [0.1, 0.15) is 5.54 Å². The van der Waals surface area contributed by atoms with E-state index in [0.717, 1.165) is 19.5 Å². The smallest absolute Gasteiger partial charge is 0.325 e. The summed E-state index contributed by atoms with van der Waals surface area (Å²) in [4.78, 5) is 14.6. The molecule has 112 valence electrons. The Hall–Kier alpha value is -0.610. The average molecular weight is 270 g/mol. The summed E-state index contributed by atoms with van der Waals surface area (Å²) in [5.41, 5.74) is -0.580. The van der Waals surface area contributed by atoms with Crippen molar-refractivity contribution in [3.63, 3.8) is 0 Å². The number of ether oxygens (including phenoxy) is 1. The Labute approximate surface area is 117 Å². The molecule has 0 aromatic heterocycles. The Bertz CT molecular complexity index is 296. The van der Waals surface area contributed by atoms with E-state index in [1.54, 1.807) is 0 Å².